The van der Waals surface area contributed by atoms with Crippen LogP contribution in [0.3, 0.4) is 0 Å². The molecule has 1 fully saturated rings. The lowest BCUT2D eigenvalue weighted by Crippen LogP contribution is -2.50. The van der Waals surface area contributed by atoms with Crippen molar-refractivity contribution in [2.75, 3.05) is 39.5 Å². The second-order valence-corrected chi connectivity index (χ2v) is 4.84. The maximum absolute atomic E-state index is 12.2. The number of rotatable bonds is 5. The zero-order valence-corrected chi connectivity index (χ0v) is 11.7. The van der Waals surface area contributed by atoms with Crippen molar-refractivity contribution in [1.82, 2.24) is 4.90 Å². The number of benzene rings is 1. The van der Waals surface area contributed by atoms with Crippen molar-refractivity contribution < 1.29 is 19.4 Å². The van der Waals surface area contributed by atoms with Crippen LogP contribution in [0.2, 0.25) is 0 Å². The van der Waals surface area contributed by atoms with Gasteiger partial charge in [-0.3, -0.25) is 4.90 Å². The third kappa shape index (κ3) is 3.36. The average molecular weight is 279 g/mol. The Morgan fingerprint density at radius 2 is 2.00 bits per heavy atom. The molecule has 1 aliphatic heterocycles. The predicted molar refractivity (Wildman–Crippen MR) is 74.2 cm³/mol. The summed E-state index contributed by atoms with van der Waals surface area (Å²) in [5.74, 6) is -0.599. The van der Waals surface area contributed by atoms with Gasteiger partial charge >= 0.3 is 5.97 Å². The molecule has 1 aromatic rings. The molecular formula is C15H21NO4. The molecule has 20 heavy (non-hydrogen) atoms. The minimum Gasteiger partial charge on any atom is -0.464 e. The zero-order valence-electron chi connectivity index (χ0n) is 11.7. The van der Waals surface area contributed by atoms with E-state index in [0.717, 1.165) is 0 Å². The van der Waals surface area contributed by atoms with E-state index in [-0.39, 0.29) is 13.2 Å². The number of hydrogen-bond donors (Lipinski definition) is 1. The van der Waals surface area contributed by atoms with E-state index in [9.17, 15) is 9.90 Å². The fourth-order valence-corrected chi connectivity index (χ4v) is 2.32. The van der Waals surface area contributed by atoms with Gasteiger partial charge in [-0.25, -0.2) is 4.79 Å². The third-order valence-electron chi connectivity index (χ3n) is 3.42. The number of carbonyl (C=O) groups is 1. The van der Waals surface area contributed by atoms with Crippen LogP contribution in [0.25, 0.3) is 0 Å². The Kier molecular flexibility index (Phi) is 5.11. The number of carbonyl (C=O) groups excluding carboxylic acids is 1. The van der Waals surface area contributed by atoms with E-state index < -0.39 is 11.6 Å². The summed E-state index contributed by atoms with van der Waals surface area (Å²) in [6.07, 6.45) is 0. The van der Waals surface area contributed by atoms with Crippen LogP contribution in [0.1, 0.15) is 12.5 Å². The molecule has 0 radical (unpaired) electrons. The van der Waals surface area contributed by atoms with Gasteiger partial charge in [-0.15, -0.1) is 0 Å². The molecule has 110 valence electrons. The lowest BCUT2D eigenvalue weighted by atomic mass is 9.93. The standard InChI is InChI=1S/C15H21NO4/c1-2-20-14(17)15(18,13-6-4-3-5-7-13)12-16-8-10-19-11-9-16/h3-7,18H,2,8-12H2,1H3. The summed E-state index contributed by atoms with van der Waals surface area (Å²) < 4.78 is 10.3. The Hall–Kier alpha value is -1.43. The zero-order chi connectivity index (χ0) is 14.4. The van der Waals surface area contributed by atoms with Crippen molar-refractivity contribution in [3.05, 3.63) is 35.9 Å². The average Bonchev–Trinajstić information content (AvgIpc) is 2.49. The molecule has 5 heteroatoms. The lowest BCUT2D eigenvalue weighted by Gasteiger charge is -2.34. The molecule has 1 aliphatic rings. The molecule has 1 saturated heterocycles. The van der Waals surface area contributed by atoms with Crippen LogP contribution in [-0.4, -0.2) is 55.4 Å². The van der Waals surface area contributed by atoms with Crippen LogP contribution < -0.4 is 0 Å². The number of morpholine rings is 1. The Morgan fingerprint density at radius 1 is 1.35 bits per heavy atom. The first kappa shape index (κ1) is 15.0. The first-order valence-electron chi connectivity index (χ1n) is 6.92. The third-order valence-corrected chi connectivity index (χ3v) is 3.42. The molecule has 0 aromatic heterocycles. The smallest absolute Gasteiger partial charge is 0.344 e. The minimum atomic E-state index is -1.63. The summed E-state index contributed by atoms with van der Waals surface area (Å²) in [5.41, 5.74) is -1.07. The van der Waals surface area contributed by atoms with Crippen LogP contribution in [0.5, 0.6) is 0 Å². The highest BCUT2D eigenvalue weighted by atomic mass is 16.5. The van der Waals surface area contributed by atoms with Crippen molar-refractivity contribution in [1.29, 1.82) is 0 Å². The van der Waals surface area contributed by atoms with Crippen molar-refractivity contribution in [2.24, 2.45) is 0 Å². The van der Waals surface area contributed by atoms with Gasteiger partial charge in [0.05, 0.1) is 19.8 Å². The summed E-state index contributed by atoms with van der Waals surface area (Å²) in [4.78, 5) is 14.2. The fraction of sp³-hybridized carbons (Fsp3) is 0.533. The quantitative estimate of drug-likeness (QED) is 0.807. The topological polar surface area (TPSA) is 59.0 Å². The maximum atomic E-state index is 12.2. The van der Waals surface area contributed by atoms with Crippen molar-refractivity contribution >= 4 is 5.97 Å². The molecule has 1 heterocycles. The summed E-state index contributed by atoms with van der Waals surface area (Å²) >= 11 is 0. The van der Waals surface area contributed by atoms with Gasteiger partial charge in [-0.2, -0.15) is 0 Å². The van der Waals surface area contributed by atoms with Crippen molar-refractivity contribution in [3.63, 3.8) is 0 Å². The van der Waals surface area contributed by atoms with Crippen LogP contribution in [0.4, 0.5) is 0 Å². The molecule has 1 aromatic carbocycles. The molecule has 5 nitrogen and oxygen atoms in total. The first-order chi connectivity index (χ1) is 9.66. The molecule has 1 atom stereocenters. The van der Waals surface area contributed by atoms with Gasteiger partial charge in [0, 0.05) is 19.6 Å². The van der Waals surface area contributed by atoms with Gasteiger partial charge in [0.2, 0.25) is 0 Å². The Balaban J connectivity index is 2.21. The molecule has 1 unspecified atom stereocenters. The highest BCUT2D eigenvalue weighted by Gasteiger charge is 2.41. The molecule has 2 rings (SSSR count). The number of hydrogen-bond acceptors (Lipinski definition) is 5. The first-order valence-corrected chi connectivity index (χ1v) is 6.92. The SMILES string of the molecule is CCOC(=O)C(O)(CN1CCOCC1)c1ccccc1. The van der Waals surface area contributed by atoms with Crippen LogP contribution in [-0.2, 0) is 19.9 Å². The lowest BCUT2D eigenvalue weighted by molar-refractivity contribution is -0.169. The van der Waals surface area contributed by atoms with E-state index in [0.29, 0.717) is 31.9 Å². The molecule has 1 N–H and O–H groups in total. The Bertz CT molecular complexity index is 431. The maximum Gasteiger partial charge on any atom is 0.344 e. The number of β-amino-alcohol motifs (C(OH)–C–C–N with tert-alkyl or cyclic N) is 1. The highest BCUT2D eigenvalue weighted by molar-refractivity contribution is 5.81. The normalized spacial score (nSPS) is 19.3. The molecule has 0 saturated carbocycles. The van der Waals surface area contributed by atoms with Crippen molar-refractivity contribution in [2.45, 2.75) is 12.5 Å². The van der Waals surface area contributed by atoms with E-state index in [1.165, 1.54) is 0 Å². The molecular weight excluding hydrogens is 258 g/mol. The second kappa shape index (κ2) is 6.83. The van der Waals surface area contributed by atoms with E-state index >= 15 is 0 Å². The van der Waals surface area contributed by atoms with E-state index in [2.05, 4.69) is 0 Å². The predicted octanol–water partition coefficient (Wildman–Crippen LogP) is 0.769. The number of ether oxygens (including phenoxy) is 2. The molecule has 0 bridgehead atoms. The molecule has 0 aliphatic carbocycles. The van der Waals surface area contributed by atoms with Crippen LogP contribution >= 0.6 is 0 Å². The van der Waals surface area contributed by atoms with Gasteiger partial charge in [-0.05, 0) is 12.5 Å². The van der Waals surface area contributed by atoms with Gasteiger partial charge in [0.1, 0.15) is 0 Å². The van der Waals surface area contributed by atoms with Gasteiger partial charge in [0.15, 0.2) is 5.60 Å². The van der Waals surface area contributed by atoms with E-state index in [1.807, 2.05) is 11.0 Å². The van der Waals surface area contributed by atoms with Crippen LogP contribution in [0.15, 0.2) is 30.3 Å². The minimum absolute atomic E-state index is 0.221. The number of nitrogens with zero attached hydrogens (tertiary/aromatic N) is 1. The number of aliphatic hydroxyl groups is 1. The summed E-state index contributed by atoms with van der Waals surface area (Å²) in [6, 6.07) is 8.95. The highest BCUT2D eigenvalue weighted by Crippen LogP contribution is 2.24. The van der Waals surface area contributed by atoms with Gasteiger partial charge in [0.25, 0.3) is 0 Å². The largest absolute Gasteiger partial charge is 0.464 e. The van der Waals surface area contributed by atoms with E-state index in [1.54, 1.807) is 31.2 Å². The Labute approximate surface area is 119 Å². The summed E-state index contributed by atoms with van der Waals surface area (Å²) in [6.45, 7) is 4.85. The fourth-order valence-electron chi connectivity index (χ4n) is 2.32. The second-order valence-electron chi connectivity index (χ2n) is 4.84. The monoisotopic (exact) mass is 279 g/mol. The Morgan fingerprint density at radius 3 is 2.60 bits per heavy atom. The molecule has 0 amide bonds. The molecule has 0 spiro atoms. The summed E-state index contributed by atoms with van der Waals surface area (Å²) in [7, 11) is 0. The van der Waals surface area contributed by atoms with E-state index in [4.69, 9.17) is 9.47 Å². The van der Waals surface area contributed by atoms with Crippen molar-refractivity contribution in [3.8, 4) is 0 Å². The van der Waals surface area contributed by atoms with Gasteiger partial charge in [-0.1, -0.05) is 30.3 Å². The summed E-state index contributed by atoms with van der Waals surface area (Å²) in [5, 5.41) is 10.9. The van der Waals surface area contributed by atoms with Crippen LogP contribution in [0, 0.1) is 0 Å². The van der Waals surface area contributed by atoms with Gasteiger partial charge < -0.3 is 14.6 Å². The number of esters is 1.